The third-order valence-electron chi connectivity index (χ3n) is 4.30. The van der Waals surface area contributed by atoms with Crippen molar-refractivity contribution in [3.63, 3.8) is 0 Å². The molecule has 6 heteroatoms. The summed E-state index contributed by atoms with van der Waals surface area (Å²) >= 11 is 0. The molecule has 1 amide bonds. The highest BCUT2D eigenvalue weighted by molar-refractivity contribution is 5.94. The van der Waals surface area contributed by atoms with E-state index >= 15 is 0 Å². The van der Waals surface area contributed by atoms with Crippen LogP contribution >= 0.6 is 0 Å². The van der Waals surface area contributed by atoms with Crippen LogP contribution in [0.1, 0.15) is 27.9 Å². The quantitative estimate of drug-likeness (QED) is 0.681. The fourth-order valence-corrected chi connectivity index (χ4v) is 2.84. The van der Waals surface area contributed by atoms with Crippen LogP contribution in [0.5, 0.6) is 0 Å². The second kappa shape index (κ2) is 7.86. The van der Waals surface area contributed by atoms with E-state index in [0.29, 0.717) is 29.7 Å². The molecule has 6 nitrogen and oxygen atoms in total. The number of pyridine rings is 1. The van der Waals surface area contributed by atoms with Crippen molar-refractivity contribution < 1.29 is 14.3 Å². The van der Waals surface area contributed by atoms with Gasteiger partial charge in [0.1, 0.15) is 0 Å². The zero-order chi connectivity index (χ0) is 19.4. The Kier molecular flexibility index (Phi) is 5.35. The van der Waals surface area contributed by atoms with E-state index in [2.05, 4.69) is 15.0 Å². The van der Waals surface area contributed by atoms with Crippen LogP contribution in [0.2, 0.25) is 0 Å². The standard InChI is InChI=1S/C21H20N2O4/c1-13-10-16-11-14(6-8-18(16)23-20(13)25)7-9-19(24)22-17-5-3-4-15(12-17)21(26)27-2/h3-6,8,10-12H,7,9H2,1-2H3,(H,22,24)(H,23,25). The van der Waals surface area contributed by atoms with Crippen LogP contribution < -0.4 is 10.9 Å². The molecule has 0 atom stereocenters. The van der Waals surface area contributed by atoms with E-state index in [4.69, 9.17) is 0 Å². The molecule has 3 aromatic rings. The number of aryl methyl sites for hydroxylation is 2. The number of hydrogen-bond acceptors (Lipinski definition) is 4. The minimum atomic E-state index is -0.449. The lowest BCUT2D eigenvalue weighted by molar-refractivity contribution is -0.116. The van der Waals surface area contributed by atoms with Gasteiger partial charge in [-0.1, -0.05) is 12.1 Å². The van der Waals surface area contributed by atoms with Crippen molar-refractivity contribution in [1.82, 2.24) is 4.98 Å². The van der Waals surface area contributed by atoms with Gasteiger partial charge in [0.25, 0.3) is 5.56 Å². The fraction of sp³-hybridized carbons (Fsp3) is 0.190. The summed E-state index contributed by atoms with van der Waals surface area (Å²) in [7, 11) is 1.31. The smallest absolute Gasteiger partial charge is 0.337 e. The Hall–Kier alpha value is -3.41. The normalized spacial score (nSPS) is 10.6. The molecule has 0 radical (unpaired) electrons. The van der Waals surface area contributed by atoms with Gasteiger partial charge >= 0.3 is 5.97 Å². The van der Waals surface area contributed by atoms with E-state index in [-0.39, 0.29) is 11.5 Å². The number of aromatic amines is 1. The van der Waals surface area contributed by atoms with Crippen LogP contribution in [0, 0.1) is 6.92 Å². The van der Waals surface area contributed by atoms with Gasteiger partial charge in [-0.25, -0.2) is 4.79 Å². The summed E-state index contributed by atoms with van der Waals surface area (Å²) in [6, 6.07) is 14.2. The van der Waals surface area contributed by atoms with Crippen molar-refractivity contribution in [1.29, 1.82) is 0 Å². The number of esters is 1. The lowest BCUT2D eigenvalue weighted by Crippen LogP contribution is -2.13. The first-order chi connectivity index (χ1) is 13.0. The van der Waals surface area contributed by atoms with Gasteiger partial charge in [-0.05, 0) is 60.7 Å². The van der Waals surface area contributed by atoms with Crippen LogP contribution in [-0.4, -0.2) is 24.0 Å². The van der Waals surface area contributed by atoms with Crippen LogP contribution in [0.25, 0.3) is 10.9 Å². The molecule has 138 valence electrons. The molecule has 2 aromatic carbocycles. The second-order valence-electron chi connectivity index (χ2n) is 6.32. The number of rotatable bonds is 5. The molecule has 0 bridgehead atoms. The molecule has 27 heavy (non-hydrogen) atoms. The number of fused-ring (bicyclic) bond motifs is 1. The van der Waals surface area contributed by atoms with Gasteiger partial charge < -0.3 is 15.0 Å². The van der Waals surface area contributed by atoms with Gasteiger partial charge in [-0.3, -0.25) is 9.59 Å². The molecule has 0 aliphatic carbocycles. The molecule has 2 N–H and O–H groups in total. The maximum absolute atomic E-state index is 12.2. The number of hydrogen-bond donors (Lipinski definition) is 2. The summed E-state index contributed by atoms with van der Waals surface area (Å²) in [6.07, 6.45) is 0.868. The van der Waals surface area contributed by atoms with E-state index in [1.54, 1.807) is 31.2 Å². The molecule has 0 spiro atoms. The molecule has 0 fully saturated rings. The van der Waals surface area contributed by atoms with Gasteiger partial charge in [-0.15, -0.1) is 0 Å². The van der Waals surface area contributed by atoms with Crippen LogP contribution in [0.3, 0.4) is 0 Å². The minimum Gasteiger partial charge on any atom is -0.465 e. The Morgan fingerprint density at radius 3 is 2.70 bits per heavy atom. The Labute approximate surface area is 156 Å². The molecule has 1 heterocycles. The van der Waals surface area contributed by atoms with Crippen molar-refractivity contribution in [2.24, 2.45) is 0 Å². The fourth-order valence-electron chi connectivity index (χ4n) is 2.84. The molecule has 0 saturated carbocycles. The molecule has 0 saturated heterocycles. The zero-order valence-corrected chi connectivity index (χ0v) is 15.2. The first-order valence-electron chi connectivity index (χ1n) is 8.57. The molecular weight excluding hydrogens is 344 g/mol. The van der Waals surface area contributed by atoms with Gasteiger partial charge in [0.2, 0.25) is 5.91 Å². The number of ether oxygens (including phenoxy) is 1. The predicted molar refractivity (Wildman–Crippen MR) is 104 cm³/mol. The Bertz CT molecular complexity index is 1070. The maximum atomic E-state index is 12.2. The van der Waals surface area contributed by atoms with Crippen molar-refractivity contribution in [3.8, 4) is 0 Å². The highest BCUT2D eigenvalue weighted by atomic mass is 16.5. The number of H-pyrrole nitrogens is 1. The number of aromatic nitrogens is 1. The van der Waals surface area contributed by atoms with Gasteiger partial charge in [0.05, 0.1) is 12.7 Å². The summed E-state index contributed by atoms with van der Waals surface area (Å²) in [5.41, 5.74) is 3.28. The predicted octanol–water partition coefficient (Wildman–Crippen LogP) is 3.19. The van der Waals surface area contributed by atoms with Gasteiger partial charge in [-0.2, -0.15) is 0 Å². The Balaban J connectivity index is 1.65. The summed E-state index contributed by atoms with van der Waals surface area (Å²) in [6.45, 7) is 1.76. The number of nitrogens with one attached hydrogen (secondary N) is 2. The number of anilines is 1. The first-order valence-corrected chi connectivity index (χ1v) is 8.57. The first kappa shape index (κ1) is 18.4. The number of amides is 1. The number of carbonyl (C=O) groups is 2. The van der Waals surface area contributed by atoms with Gasteiger partial charge in [0, 0.05) is 23.2 Å². The molecule has 3 rings (SSSR count). The molecule has 0 aliphatic rings. The summed E-state index contributed by atoms with van der Waals surface area (Å²) < 4.78 is 4.68. The average Bonchev–Trinajstić information content (AvgIpc) is 2.67. The summed E-state index contributed by atoms with van der Waals surface area (Å²) in [4.78, 5) is 38.3. The minimum absolute atomic E-state index is 0.0937. The van der Waals surface area contributed by atoms with Crippen LogP contribution in [0.15, 0.2) is 53.3 Å². The van der Waals surface area contributed by atoms with Gasteiger partial charge in [0.15, 0.2) is 0 Å². The van der Waals surface area contributed by atoms with E-state index in [0.717, 1.165) is 16.5 Å². The van der Waals surface area contributed by atoms with Crippen molar-refractivity contribution >= 4 is 28.5 Å². The third kappa shape index (κ3) is 4.41. The molecular formula is C21H20N2O4. The van der Waals surface area contributed by atoms with Crippen molar-refractivity contribution in [3.05, 3.63) is 75.6 Å². The molecule has 0 unspecified atom stereocenters. The maximum Gasteiger partial charge on any atom is 0.337 e. The second-order valence-corrected chi connectivity index (χ2v) is 6.32. The number of carbonyl (C=O) groups excluding carboxylic acids is 2. The van der Waals surface area contributed by atoms with Crippen LogP contribution in [0.4, 0.5) is 5.69 Å². The summed E-state index contributed by atoms with van der Waals surface area (Å²) in [5.74, 6) is -0.592. The number of methoxy groups -OCH3 is 1. The largest absolute Gasteiger partial charge is 0.465 e. The zero-order valence-electron chi connectivity index (χ0n) is 15.2. The Morgan fingerprint density at radius 2 is 1.93 bits per heavy atom. The highest BCUT2D eigenvalue weighted by Gasteiger charge is 2.08. The lowest BCUT2D eigenvalue weighted by atomic mass is 10.1. The van der Waals surface area contributed by atoms with E-state index in [9.17, 15) is 14.4 Å². The van der Waals surface area contributed by atoms with E-state index in [1.165, 1.54) is 7.11 Å². The lowest BCUT2D eigenvalue weighted by Gasteiger charge is -2.08. The monoisotopic (exact) mass is 364 g/mol. The molecule has 1 aromatic heterocycles. The van der Waals surface area contributed by atoms with Crippen molar-refractivity contribution in [2.75, 3.05) is 12.4 Å². The Morgan fingerprint density at radius 1 is 1.11 bits per heavy atom. The van der Waals surface area contributed by atoms with Crippen molar-refractivity contribution in [2.45, 2.75) is 19.8 Å². The highest BCUT2D eigenvalue weighted by Crippen LogP contribution is 2.16. The summed E-state index contributed by atoms with van der Waals surface area (Å²) in [5, 5.41) is 3.73. The van der Waals surface area contributed by atoms with E-state index < -0.39 is 5.97 Å². The molecule has 0 aliphatic heterocycles. The third-order valence-corrected chi connectivity index (χ3v) is 4.30. The van der Waals surface area contributed by atoms with Crippen LogP contribution in [-0.2, 0) is 16.0 Å². The average molecular weight is 364 g/mol. The topological polar surface area (TPSA) is 88.3 Å². The number of benzene rings is 2. The van der Waals surface area contributed by atoms with E-state index in [1.807, 2.05) is 24.3 Å². The SMILES string of the molecule is COC(=O)c1cccc(NC(=O)CCc2ccc3[nH]c(=O)c(C)cc3c2)c1.